The number of thioether (sulfide) groups is 1. The van der Waals surface area contributed by atoms with Gasteiger partial charge in [-0.3, -0.25) is 0 Å². The van der Waals surface area contributed by atoms with Gasteiger partial charge in [-0.2, -0.15) is 0 Å². The second-order valence-corrected chi connectivity index (χ2v) is 4.84. The number of nitrogen functional groups attached to an aromatic ring is 1. The molecule has 0 saturated carbocycles. The monoisotopic (exact) mass is 211 g/mol. The number of nitrogens with zero attached hydrogens (tertiary/aromatic N) is 2. The first-order chi connectivity index (χ1) is 6.61. The number of rotatable bonds is 4. The third-order valence-electron chi connectivity index (χ3n) is 1.86. The smallest absolute Gasteiger partial charge is 0.189 e. The normalized spacial score (nSPS) is 12.8. The Morgan fingerprint density at radius 2 is 2.21 bits per heavy atom. The van der Waals surface area contributed by atoms with Crippen LogP contribution in [0.3, 0.4) is 0 Å². The third-order valence-corrected chi connectivity index (χ3v) is 2.89. The summed E-state index contributed by atoms with van der Waals surface area (Å²) in [6.45, 7) is 6.31. The van der Waals surface area contributed by atoms with Crippen LogP contribution in [0.2, 0.25) is 0 Å². The number of nitrogens with two attached hydrogens (primary N) is 1. The van der Waals surface area contributed by atoms with Crippen molar-refractivity contribution in [1.29, 1.82) is 0 Å². The molecule has 0 spiro atoms. The van der Waals surface area contributed by atoms with Crippen LogP contribution in [0.5, 0.6) is 0 Å². The van der Waals surface area contributed by atoms with Gasteiger partial charge < -0.3 is 5.73 Å². The predicted octanol–water partition coefficient (Wildman–Crippen LogP) is 2.65. The lowest BCUT2D eigenvalue weighted by Crippen LogP contribution is -2.01. The Balaban J connectivity index is 2.66. The van der Waals surface area contributed by atoms with Crippen LogP contribution in [-0.2, 0) is 0 Å². The molecule has 1 unspecified atom stereocenters. The molecule has 0 fully saturated rings. The van der Waals surface area contributed by atoms with Gasteiger partial charge in [0.05, 0.1) is 0 Å². The second-order valence-electron chi connectivity index (χ2n) is 3.43. The van der Waals surface area contributed by atoms with Gasteiger partial charge in [0.15, 0.2) is 5.16 Å². The van der Waals surface area contributed by atoms with Crippen molar-refractivity contribution in [2.24, 2.45) is 0 Å². The first-order valence-electron chi connectivity index (χ1n) is 4.89. The molecule has 1 aromatic rings. The van der Waals surface area contributed by atoms with Crippen molar-refractivity contribution in [1.82, 2.24) is 9.97 Å². The van der Waals surface area contributed by atoms with E-state index < -0.39 is 0 Å². The van der Waals surface area contributed by atoms with Crippen LogP contribution >= 0.6 is 11.8 Å². The zero-order valence-electron chi connectivity index (χ0n) is 8.95. The highest BCUT2D eigenvalue weighted by atomic mass is 32.2. The van der Waals surface area contributed by atoms with E-state index in [4.69, 9.17) is 5.73 Å². The van der Waals surface area contributed by atoms with Crippen LogP contribution in [0.1, 0.15) is 32.4 Å². The molecule has 0 aliphatic carbocycles. The molecular weight excluding hydrogens is 194 g/mol. The third kappa shape index (κ3) is 3.54. The Hall–Kier alpha value is -0.770. The highest BCUT2D eigenvalue weighted by Crippen LogP contribution is 2.23. The largest absolute Gasteiger partial charge is 0.384 e. The summed E-state index contributed by atoms with van der Waals surface area (Å²) < 4.78 is 0. The van der Waals surface area contributed by atoms with Crippen molar-refractivity contribution >= 4 is 17.6 Å². The van der Waals surface area contributed by atoms with Gasteiger partial charge in [-0.05, 0) is 13.3 Å². The summed E-state index contributed by atoms with van der Waals surface area (Å²) in [7, 11) is 0. The van der Waals surface area contributed by atoms with Crippen LogP contribution in [0, 0.1) is 6.92 Å². The number of aromatic nitrogens is 2. The van der Waals surface area contributed by atoms with Crippen molar-refractivity contribution in [3.63, 3.8) is 0 Å². The minimum Gasteiger partial charge on any atom is -0.384 e. The van der Waals surface area contributed by atoms with Gasteiger partial charge in [0.2, 0.25) is 0 Å². The Bertz CT molecular complexity index is 281. The van der Waals surface area contributed by atoms with Gasteiger partial charge in [-0.25, -0.2) is 9.97 Å². The Morgan fingerprint density at radius 1 is 1.50 bits per heavy atom. The van der Waals surface area contributed by atoms with E-state index in [0.29, 0.717) is 11.1 Å². The lowest BCUT2D eigenvalue weighted by atomic mass is 10.3. The fourth-order valence-corrected chi connectivity index (χ4v) is 2.33. The van der Waals surface area contributed by atoms with Crippen molar-refractivity contribution in [3.8, 4) is 0 Å². The predicted molar refractivity (Wildman–Crippen MR) is 61.4 cm³/mol. The molecular formula is C10H17N3S. The van der Waals surface area contributed by atoms with E-state index in [0.717, 1.165) is 10.9 Å². The summed E-state index contributed by atoms with van der Waals surface area (Å²) in [6.07, 6.45) is 2.37. The summed E-state index contributed by atoms with van der Waals surface area (Å²) in [6, 6.07) is 1.79. The van der Waals surface area contributed by atoms with Gasteiger partial charge in [0.1, 0.15) is 5.82 Å². The van der Waals surface area contributed by atoms with Crippen LogP contribution < -0.4 is 5.73 Å². The van der Waals surface area contributed by atoms with Gasteiger partial charge in [-0.1, -0.05) is 32.0 Å². The number of aryl methyl sites for hydroxylation is 1. The maximum Gasteiger partial charge on any atom is 0.189 e. The lowest BCUT2D eigenvalue weighted by Gasteiger charge is -2.08. The van der Waals surface area contributed by atoms with Gasteiger partial charge in [0, 0.05) is 17.0 Å². The van der Waals surface area contributed by atoms with Crippen molar-refractivity contribution < 1.29 is 0 Å². The van der Waals surface area contributed by atoms with Crippen molar-refractivity contribution in [2.75, 3.05) is 5.73 Å². The van der Waals surface area contributed by atoms with Gasteiger partial charge in [0.25, 0.3) is 0 Å². The fraction of sp³-hybridized carbons (Fsp3) is 0.600. The molecule has 0 bridgehead atoms. The lowest BCUT2D eigenvalue weighted by molar-refractivity contribution is 0.781. The Morgan fingerprint density at radius 3 is 2.79 bits per heavy atom. The molecule has 14 heavy (non-hydrogen) atoms. The molecule has 0 amide bonds. The summed E-state index contributed by atoms with van der Waals surface area (Å²) >= 11 is 1.69. The molecule has 0 saturated heterocycles. The average molecular weight is 211 g/mol. The molecule has 0 aliphatic rings. The Labute approximate surface area is 89.5 Å². The van der Waals surface area contributed by atoms with E-state index in [2.05, 4.69) is 23.8 Å². The van der Waals surface area contributed by atoms with Crippen LogP contribution in [0.15, 0.2) is 11.2 Å². The SMILES string of the molecule is CCCC(C)Sc1nc(C)cc(N)n1. The van der Waals surface area contributed by atoms with E-state index in [1.807, 2.05) is 6.92 Å². The summed E-state index contributed by atoms with van der Waals surface area (Å²) in [5.41, 5.74) is 6.58. The second kappa shape index (κ2) is 5.20. The minimum atomic E-state index is 0.557. The van der Waals surface area contributed by atoms with E-state index in [1.165, 1.54) is 12.8 Å². The van der Waals surface area contributed by atoms with E-state index in [9.17, 15) is 0 Å². The topological polar surface area (TPSA) is 51.8 Å². The fourth-order valence-electron chi connectivity index (χ4n) is 1.26. The molecule has 1 atom stereocenters. The molecule has 0 aromatic carbocycles. The molecule has 4 heteroatoms. The van der Waals surface area contributed by atoms with Crippen LogP contribution in [0.4, 0.5) is 5.82 Å². The molecule has 1 aromatic heterocycles. The number of anilines is 1. The molecule has 78 valence electrons. The first kappa shape index (κ1) is 11.3. The maximum atomic E-state index is 5.64. The molecule has 3 nitrogen and oxygen atoms in total. The average Bonchev–Trinajstić information content (AvgIpc) is 2.01. The summed E-state index contributed by atoms with van der Waals surface area (Å²) in [4.78, 5) is 8.51. The van der Waals surface area contributed by atoms with Gasteiger partial charge in [-0.15, -0.1) is 0 Å². The first-order valence-corrected chi connectivity index (χ1v) is 5.77. The number of hydrogen-bond acceptors (Lipinski definition) is 4. The highest BCUT2D eigenvalue weighted by molar-refractivity contribution is 7.99. The van der Waals surface area contributed by atoms with E-state index >= 15 is 0 Å². The molecule has 0 aliphatic heterocycles. The zero-order valence-corrected chi connectivity index (χ0v) is 9.77. The van der Waals surface area contributed by atoms with E-state index in [1.54, 1.807) is 17.8 Å². The summed E-state index contributed by atoms with van der Waals surface area (Å²) in [5.74, 6) is 0.559. The molecule has 0 radical (unpaired) electrons. The van der Waals surface area contributed by atoms with E-state index in [-0.39, 0.29) is 0 Å². The highest BCUT2D eigenvalue weighted by Gasteiger charge is 2.06. The molecule has 2 N–H and O–H groups in total. The maximum absolute atomic E-state index is 5.64. The Kier molecular flexibility index (Phi) is 4.20. The number of hydrogen-bond donors (Lipinski definition) is 1. The van der Waals surface area contributed by atoms with Crippen LogP contribution in [-0.4, -0.2) is 15.2 Å². The molecule has 1 rings (SSSR count). The van der Waals surface area contributed by atoms with Crippen molar-refractivity contribution in [3.05, 3.63) is 11.8 Å². The minimum absolute atomic E-state index is 0.557. The van der Waals surface area contributed by atoms with Gasteiger partial charge >= 0.3 is 0 Å². The quantitative estimate of drug-likeness (QED) is 0.614. The summed E-state index contributed by atoms with van der Waals surface area (Å²) in [5, 5.41) is 1.35. The molecule has 1 heterocycles. The van der Waals surface area contributed by atoms with Crippen LogP contribution in [0.25, 0.3) is 0 Å². The zero-order chi connectivity index (χ0) is 10.6. The standard InChI is InChI=1S/C10H17N3S/c1-4-5-8(3)14-10-12-7(2)6-9(11)13-10/h6,8H,4-5H2,1-3H3,(H2,11,12,13). The van der Waals surface area contributed by atoms with Crippen molar-refractivity contribution in [2.45, 2.75) is 44.0 Å².